The average molecular weight is 136 g/mol. The highest BCUT2D eigenvalue weighted by Gasteiger charge is 1.88. The summed E-state index contributed by atoms with van der Waals surface area (Å²) in [7, 11) is 0.0881. The Balaban J connectivity index is 2.68. The van der Waals surface area contributed by atoms with Gasteiger partial charge in [-0.15, -0.1) is 0 Å². The Bertz CT molecular complexity index is 37.1. The van der Waals surface area contributed by atoms with E-state index in [0.717, 1.165) is 0 Å². The molecular weight excluding hydrogens is 123 g/mol. The van der Waals surface area contributed by atoms with Gasteiger partial charge in [0.1, 0.15) is 0 Å². The van der Waals surface area contributed by atoms with E-state index >= 15 is 0 Å². The van der Waals surface area contributed by atoms with Crippen molar-refractivity contribution in [2.24, 2.45) is 0 Å². The lowest BCUT2D eigenvalue weighted by Gasteiger charge is -1.98. The Labute approximate surface area is 52.6 Å². The van der Waals surface area contributed by atoms with Crippen molar-refractivity contribution in [1.82, 2.24) is 0 Å². The lowest BCUT2D eigenvalue weighted by Crippen LogP contribution is -1.74. The molecule has 0 aromatic carbocycles. The lowest BCUT2D eigenvalue weighted by atomic mass is 10.4. The molecule has 0 rings (SSSR count). The second-order valence-electron chi connectivity index (χ2n) is 1.73. The van der Waals surface area contributed by atoms with Crippen molar-refractivity contribution in [2.75, 3.05) is 12.8 Å². The van der Waals surface area contributed by atoms with Crippen molar-refractivity contribution >= 4 is 19.4 Å². The van der Waals surface area contributed by atoms with Crippen molar-refractivity contribution < 1.29 is 0 Å². The molecule has 0 unspecified atom stereocenters. The Morgan fingerprint density at radius 2 is 2.14 bits per heavy atom. The number of thiol groups is 1. The molecule has 0 saturated heterocycles. The van der Waals surface area contributed by atoms with Crippen molar-refractivity contribution in [3.05, 3.63) is 0 Å². The second-order valence-corrected chi connectivity index (χ2v) is 5.55. The van der Waals surface area contributed by atoms with E-state index in [4.69, 9.17) is 0 Å². The molecule has 0 fully saturated rings. The highest BCUT2D eigenvalue weighted by atomic mass is 32.7. The summed E-state index contributed by atoms with van der Waals surface area (Å²) in [5, 5.41) is 0. The summed E-state index contributed by atoms with van der Waals surface area (Å²) in [4.78, 5) is 0. The molecule has 0 bridgehead atoms. The van der Waals surface area contributed by atoms with Crippen LogP contribution in [0, 0.1) is 0 Å². The number of hydrogen-bond donors (Lipinski definition) is 1. The molecule has 7 heavy (non-hydrogen) atoms. The largest absolute Gasteiger partial charge is 0.152 e. The molecule has 44 valence electrons. The minimum absolute atomic E-state index is 0.0881. The first-order valence-corrected chi connectivity index (χ1v) is 5.80. The summed E-state index contributed by atoms with van der Waals surface area (Å²) in [6.07, 6.45) is 3.99. The fraction of sp³-hybridized carbons (Fsp3) is 1.00. The zero-order chi connectivity index (χ0) is 5.70. The predicted molar refractivity (Wildman–Crippen MR) is 41.6 cm³/mol. The van der Waals surface area contributed by atoms with Gasteiger partial charge in [-0.05, 0) is 19.2 Å². The van der Waals surface area contributed by atoms with E-state index in [1.165, 1.54) is 19.0 Å². The van der Waals surface area contributed by atoms with Crippen LogP contribution in [0.2, 0.25) is 0 Å². The molecule has 1 atom stereocenters. The van der Waals surface area contributed by atoms with Gasteiger partial charge in [-0.3, -0.25) is 0 Å². The van der Waals surface area contributed by atoms with Crippen molar-refractivity contribution in [3.8, 4) is 0 Å². The molecule has 0 aliphatic rings. The molecule has 0 aliphatic carbocycles. The molecule has 0 aromatic heterocycles. The number of rotatable bonds is 3. The molecular formula is C5H13PS. The molecule has 0 radical (unpaired) electrons. The Morgan fingerprint density at radius 3 is 2.29 bits per heavy atom. The average Bonchev–Trinajstić information content (AvgIpc) is 1.61. The molecule has 0 saturated carbocycles. The molecule has 0 nitrogen and oxygen atoms in total. The van der Waals surface area contributed by atoms with Gasteiger partial charge in [-0.1, -0.05) is 20.5 Å². The standard InChI is InChI=1S/C5H13PS/c1-3-4-5-6(2)7/h7H,3-5H2,1-2H3/t6-/m1/s1. The first-order valence-electron chi connectivity index (χ1n) is 2.67. The minimum Gasteiger partial charge on any atom is -0.152 e. The zero-order valence-electron chi connectivity index (χ0n) is 5.02. The molecule has 0 aliphatic heterocycles. The van der Waals surface area contributed by atoms with Crippen LogP contribution in [0.1, 0.15) is 19.8 Å². The van der Waals surface area contributed by atoms with Crippen LogP contribution in [0.5, 0.6) is 0 Å². The van der Waals surface area contributed by atoms with Crippen LogP contribution in [0.4, 0.5) is 0 Å². The molecule has 0 amide bonds. The first kappa shape index (κ1) is 7.78. The van der Waals surface area contributed by atoms with Crippen LogP contribution in [0.15, 0.2) is 0 Å². The van der Waals surface area contributed by atoms with Gasteiger partial charge in [0.25, 0.3) is 0 Å². The van der Waals surface area contributed by atoms with E-state index in [0.29, 0.717) is 0 Å². The maximum atomic E-state index is 4.30. The van der Waals surface area contributed by atoms with E-state index in [-0.39, 0.29) is 7.12 Å². The van der Waals surface area contributed by atoms with Crippen LogP contribution in [-0.4, -0.2) is 12.8 Å². The van der Waals surface area contributed by atoms with Gasteiger partial charge in [0, 0.05) is 0 Å². The van der Waals surface area contributed by atoms with E-state index in [1.807, 2.05) is 0 Å². The van der Waals surface area contributed by atoms with E-state index in [2.05, 4.69) is 25.8 Å². The zero-order valence-corrected chi connectivity index (χ0v) is 6.80. The fourth-order valence-electron chi connectivity index (χ4n) is 0.387. The molecule has 0 aromatic rings. The summed E-state index contributed by atoms with van der Waals surface area (Å²) < 4.78 is 0. The predicted octanol–water partition coefficient (Wildman–Crippen LogP) is 2.74. The van der Waals surface area contributed by atoms with E-state index in [1.54, 1.807) is 0 Å². The van der Waals surface area contributed by atoms with Crippen LogP contribution in [0.3, 0.4) is 0 Å². The summed E-state index contributed by atoms with van der Waals surface area (Å²) in [5.74, 6) is 0. The Kier molecular flexibility index (Phi) is 5.48. The topological polar surface area (TPSA) is 0 Å². The summed E-state index contributed by atoms with van der Waals surface area (Å²) >= 11 is 4.30. The van der Waals surface area contributed by atoms with Gasteiger partial charge < -0.3 is 0 Å². The van der Waals surface area contributed by atoms with Crippen molar-refractivity contribution in [3.63, 3.8) is 0 Å². The monoisotopic (exact) mass is 136 g/mol. The maximum Gasteiger partial charge on any atom is -0.0238 e. The third kappa shape index (κ3) is 6.78. The van der Waals surface area contributed by atoms with Crippen LogP contribution >= 0.6 is 19.4 Å². The van der Waals surface area contributed by atoms with E-state index in [9.17, 15) is 0 Å². The highest BCUT2D eigenvalue weighted by molar-refractivity contribution is 8.45. The van der Waals surface area contributed by atoms with Gasteiger partial charge in [-0.2, -0.15) is 12.2 Å². The Morgan fingerprint density at radius 1 is 1.57 bits per heavy atom. The number of unbranched alkanes of at least 4 members (excludes halogenated alkanes) is 1. The third-order valence-corrected chi connectivity index (χ3v) is 2.40. The van der Waals surface area contributed by atoms with Gasteiger partial charge in [-0.25, -0.2) is 0 Å². The van der Waals surface area contributed by atoms with Gasteiger partial charge in [0.05, 0.1) is 0 Å². The normalized spacial score (nSPS) is 14.1. The lowest BCUT2D eigenvalue weighted by molar-refractivity contribution is 0.894. The van der Waals surface area contributed by atoms with Crippen molar-refractivity contribution in [1.29, 1.82) is 0 Å². The maximum absolute atomic E-state index is 4.30. The summed E-state index contributed by atoms with van der Waals surface area (Å²) in [5.41, 5.74) is 0. The van der Waals surface area contributed by atoms with Gasteiger partial charge in [0.15, 0.2) is 0 Å². The highest BCUT2D eigenvalue weighted by Crippen LogP contribution is 2.35. The quantitative estimate of drug-likeness (QED) is 0.447. The van der Waals surface area contributed by atoms with Gasteiger partial charge in [0.2, 0.25) is 0 Å². The first-order chi connectivity index (χ1) is 3.27. The Hall–Kier alpha value is 0.780. The summed E-state index contributed by atoms with van der Waals surface area (Å²) in [6.45, 7) is 4.42. The molecule has 0 heterocycles. The van der Waals surface area contributed by atoms with Crippen LogP contribution in [-0.2, 0) is 0 Å². The molecule has 0 N–H and O–H groups in total. The van der Waals surface area contributed by atoms with Crippen molar-refractivity contribution in [2.45, 2.75) is 19.8 Å². The van der Waals surface area contributed by atoms with Crippen LogP contribution < -0.4 is 0 Å². The smallest absolute Gasteiger partial charge is 0.0238 e. The summed E-state index contributed by atoms with van der Waals surface area (Å²) in [6, 6.07) is 0. The fourth-order valence-corrected chi connectivity index (χ4v) is 1.59. The molecule has 2 heteroatoms. The van der Waals surface area contributed by atoms with Gasteiger partial charge >= 0.3 is 0 Å². The minimum atomic E-state index is 0.0881. The molecule has 0 spiro atoms. The number of hydrogen-bond acceptors (Lipinski definition) is 1. The third-order valence-electron chi connectivity index (χ3n) is 0.835. The SMILES string of the molecule is CCCC[P@@](C)S. The second kappa shape index (κ2) is 4.93. The van der Waals surface area contributed by atoms with E-state index < -0.39 is 0 Å². The van der Waals surface area contributed by atoms with Crippen LogP contribution in [0.25, 0.3) is 0 Å².